The van der Waals surface area contributed by atoms with Crippen LogP contribution in [-0.4, -0.2) is 24.0 Å². The Labute approximate surface area is 105 Å². The molecule has 0 bridgehead atoms. The summed E-state index contributed by atoms with van der Waals surface area (Å²) in [6.45, 7) is 7.02. The summed E-state index contributed by atoms with van der Waals surface area (Å²) in [5.41, 5.74) is 2.13. The molecule has 4 heteroatoms. The molecule has 0 amide bonds. The number of ether oxygens (including phenoxy) is 1. The van der Waals surface area contributed by atoms with Crippen LogP contribution in [0.3, 0.4) is 0 Å². The molecular formula is C13H14ClNO2. The van der Waals surface area contributed by atoms with Gasteiger partial charge in [0.15, 0.2) is 5.78 Å². The molecule has 3 nitrogen and oxygen atoms in total. The Kier molecular flexibility index (Phi) is 3.60. The van der Waals surface area contributed by atoms with Crippen LogP contribution in [0.4, 0.5) is 0 Å². The van der Waals surface area contributed by atoms with Crippen LogP contribution >= 0.6 is 11.6 Å². The molecule has 0 saturated carbocycles. The molecule has 1 aliphatic heterocycles. The predicted octanol–water partition coefficient (Wildman–Crippen LogP) is 2.68. The quantitative estimate of drug-likeness (QED) is 0.469. The molecule has 0 N–H and O–H groups in total. The molecule has 0 unspecified atom stereocenters. The third-order valence-electron chi connectivity index (χ3n) is 3.00. The van der Waals surface area contributed by atoms with Crippen molar-refractivity contribution in [3.8, 4) is 0 Å². The van der Waals surface area contributed by atoms with Crippen molar-refractivity contribution in [3.63, 3.8) is 0 Å². The van der Waals surface area contributed by atoms with Crippen molar-refractivity contribution >= 4 is 17.4 Å². The van der Waals surface area contributed by atoms with Gasteiger partial charge in [0.1, 0.15) is 5.15 Å². The van der Waals surface area contributed by atoms with Gasteiger partial charge < -0.3 is 4.74 Å². The summed E-state index contributed by atoms with van der Waals surface area (Å²) in [5.74, 6) is 0.113. The van der Waals surface area contributed by atoms with Gasteiger partial charge in [-0.05, 0) is 18.1 Å². The molecule has 1 aromatic rings. The first-order valence-electron chi connectivity index (χ1n) is 5.59. The van der Waals surface area contributed by atoms with E-state index >= 15 is 0 Å². The number of halogens is 1. The van der Waals surface area contributed by atoms with Crippen LogP contribution in [-0.2, 0) is 11.2 Å². The van der Waals surface area contributed by atoms with Crippen LogP contribution in [0.15, 0.2) is 24.4 Å². The third-order valence-corrected chi connectivity index (χ3v) is 3.21. The Hall–Kier alpha value is -1.19. The zero-order valence-corrected chi connectivity index (χ0v) is 10.5. The van der Waals surface area contributed by atoms with E-state index < -0.39 is 0 Å². The minimum Gasteiger partial charge on any atom is -0.380 e. The lowest BCUT2D eigenvalue weighted by Gasteiger charge is -2.27. The van der Waals surface area contributed by atoms with Gasteiger partial charge in [0, 0.05) is 23.3 Å². The van der Waals surface area contributed by atoms with Gasteiger partial charge in [-0.15, -0.1) is 0 Å². The van der Waals surface area contributed by atoms with Crippen molar-refractivity contribution in [2.45, 2.75) is 13.3 Å². The van der Waals surface area contributed by atoms with Gasteiger partial charge in [-0.25, -0.2) is 4.98 Å². The molecule has 1 aromatic heterocycles. The van der Waals surface area contributed by atoms with Crippen molar-refractivity contribution in [1.29, 1.82) is 0 Å². The second-order valence-electron chi connectivity index (χ2n) is 4.11. The normalized spacial score (nSPS) is 15.4. The first-order chi connectivity index (χ1) is 8.13. The summed E-state index contributed by atoms with van der Waals surface area (Å²) in [7, 11) is 0. The number of hydrogen-bond donors (Lipinski definition) is 0. The monoisotopic (exact) mass is 251 g/mol. The number of aryl methyl sites for hydroxylation is 1. The standard InChI is InChI=1S/C13H14ClNO2/c1-3-9-4-12(14)15-5-11(9)13(16)8(2)10-6-17-7-10/h4-5,10H,2-3,6-7H2,1H3. The van der Waals surface area contributed by atoms with E-state index in [2.05, 4.69) is 11.6 Å². The lowest BCUT2D eigenvalue weighted by molar-refractivity contribution is -0.0129. The van der Waals surface area contributed by atoms with E-state index in [1.54, 1.807) is 6.07 Å². The van der Waals surface area contributed by atoms with E-state index in [1.807, 2.05) is 6.92 Å². The number of carbonyl (C=O) groups is 1. The van der Waals surface area contributed by atoms with Crippen molar-refractivity contribution in [2.75, 3.05) is 13.2 Å². The van der Waals surface area contributed by atoms with Gasteiger partial charge in [0.25, 0.3) is 0 Å². The zero-order chi connectivity index (χ0) is 12.4. The summed E-state index contributed by atoms with van der Waals surface area (Å²) in [4.78, 5) is 16.2. The number of rotatable bonds is 4. The Morgan fingerprint density at radius 3 is 2.88 bits per heavy atom. The largest absolute Gasteiger partial charge is 0.380 e. The van der Waals surface area contributed by atoms with E-state index in [4.69, 9.17) is 16.3 Å². The summed E-state index contributed by atoms with van der Waals surface area (Å²) in [6.07, 6.45) is 2.28. The highest BCUT2D eigenvalue weighted by molar-refractivity contribution is 6.29. The predicted molar refractivity (Wildman–Crippen MR) is 66.4 cm³/mol. The Morgan fingerprint density at radius 1 is 1.65 bits per heavy atom. The summed E-state index contributed by atoms with van der Waals surface area (Å²) >= 11 is 5.82. The number of Topliss-reactive ketones (excluding diaryl/α,β-unsaturated/α-hetero) is 1. The highest BCUT2D eigenvalue weighted by atomic mass is 35.5. The van der Waals surface area contributed by atoms with Crippen LogP contribution in [0.25, 0.3) is 0 Å². The summed E-state index contributed by atoms with van der Waals surface area (Å²) in [5, 5.41) is 0.413. The van der Waals surface area contributed by atoms with Crippen LogP contribution in [0.2, 0.25) is 5.15 Å². The smallest absolute Gasteiger partial charge is 0.190 e. The molecule has 1 saturated heterocycles. The first-order valence-corrected chi connectivity index (χ1v) is 5.97. The fraction of sp³-hybridized carbons (Fsp3) is 0.385. The molecule has 17 heavy (non-hydrogen) atoms. The minimum atomic E-state index is -0.0423. The molecule has 0 radical (unpaired) electrons. The van der Waals surface area contributed by atoms with Gasteiger partial charge in [0.05, 0.1) is 13.2 Å². The van der Waals surface area contributed by atoms with E-state index in [-0.39, 0.29) is 11.7 Å². The maximum absolute atomic E-state index is 12.2. The summed E-state index contributed by atoms with van der Waals surface area (Å²) < 4.78 is 5.07. The number of hydrogen-bond acceptors (Lipinski definition) is 3. The SMILES string of the molecule is C=C(C(=O)c1cnc(Cl)cc1CC)C1COC1. The second kappa shape index (κ2) is 4.98. The molecular weight excluding hydrogens is 238 g/mol. The van der Waals surface area contributed by atoms with Gasteiger partial charge >= 0.3 is 0 Å². The molecule has 2 heterocycles. The molecule has 1 aliphatic rings. The maximum Gasteiger partial charge on any atom is 0.190 e. The van der Waals surface area contributed by atoms with E-state index in [0.29, 0.717) is 29.5 Å². The van der Waals surface area contributed by atoms with Crippen molar-refractivity contribution in [2.24, 2.45) is 5.92 Å². The third kappa shape index (κ3) is 2.40. The van der Waals surface area contributed by atoms with Gasteiger partial charge in [-0.2, -0.15) is 0 Å². The Balaban J connectivity index is 2.26. The van der Waals surface area contributed by atoms with E-state index in [0.717, 1.165) is 12.0 Å². The van der Waals surface area contributed by atoms with Gasteiger partial charge in [0.2, 0.25) is 0 Å². The van der Waals surface area contributed by atoms with E-state index in [9.17, 15) is 4.79 Å². The molecule has 90 valence electrons. The number of pyridine rings is 1. The van der Waals surface area contributed by atoms with Gasteiger partial charge in [-0.1, -0.05) is 25.1 Å². The molecule has 0 spiro atoms. The molecule has 1 fully saturated rings. The fourth-order valence-electron chi connectivity index (χ4n) is 1.76. The van der Waals surface area contributed by atoms with Crippen LogP contribution in [0.1, 0.15) is 22.8 Å². The number of aromatic nitrogens is 1. The highest BCUT2D eigenvalue weighted by Gasteiger charge is 2.27. The van der Waals surface area contributed by atoms with E-state index in [1.165, 1.54) is 6.20 Å². The van der Waals surface area contributed by atoms with Crippen LogP contribution in [0.5, 0.6) is 0 Å². The highest BCUT2D eigenvalue weighted by Crippen LogP contribution is 2.24. The minimum absolute atomic E-state index is 0.0423. The lowest BCUT2D eigenvalue weighted by atomic mass is 9.90. The average molecular weight is 252 g/mol. The maximum atomic E-state index is 12.2. The Bertz CT molecular complexity index is 466. The van der Waals surface area contributed by atoms with Gasteiger partial charge in [-0.3, -0.25) is 4.79 Å². The number of nitrogens with zero attached hydrogens (tertiary/aromatic N) is 1. The van der Waals surface area contributed by atoms with Crippen molar-refractivity contribution in [1.82, 2.24) is 4.98 Å². The molecule has 0 aliphatic carbocycles. The molecule has 2 rings (SSSR count). The van der Waals surface area contributed by atoms with Crippen molar-refractivity contribution < 1.29 is 9.53 Å². The number of carbonyl (C=O) groups excluding carboxylic acids is 1. The number of ketones is 1. The van der Waals surface area contributed by atoms with Crippen molar-refractivity contribution in [3.05, 3.63) is 40.7 Å². The first kappa shape index (κ1) is 12.3. The second-order valence-corrected chi connectivity index (χ2v) is 4.49. The average Bonchev–Trinajstić information content (AvgIpc) is 2.25. The summed E-state index contributed by atoms with van der Waals surface area (Å²) in [6, 6.07) is 1.74. The lowest BCUT2D eigenvalue weighted by Crippen LogP contribution is -2.32. The van der Waals surface area contributed by atoms with Crippen LogP contribution in [0, 0.1) is 5.92 Å². The zero-order valence-electron chi connectivity index (χ0n) is 9.70. The topological polar surface area (TPSA) is 39.2 Å². The molecule has 0 atom stereocenters. The Morgan fingerprint density at radius 2 is 2.35 bits per heavy atom. The van der Waals surface area contributed by atoms with Crippen LogP contribution < -0.4 is 0 Å². The fourth-order valence-corrected chi connectivity index (χ4v) is 1.94. The molecule has 0 aromatic carbocycles.